The molecule has 0 aliphatic carbocycles. The molecule has 0 saturated carbocycles. The highest BCUT2D eigenvalue weighted by atomic mass is 79.9. The normalized spacial score (nSPS) is 11.7. The lowest BCUT2D eigenvalue weighted by Gasteiger charge is -2.13. The lowest BCUT2D eigenvalue weighted by atomic mass is 10.1. The Hall–Kier alpha value is -0.620. The van der Waals surface area contributed by atoms with Crippen LogP contribution < -0.4 is 5.32 Å². The zero-order chi connectivity index (χ0) is 16.6. The molecule has 0 aromatic heterocycles. The highest BCUT2D eigenvalue weighted by Gasteiger charge is 2.17. The maximum atomic E-state index is 11.0. The Morgan fingerprint density at radius 1 is 0.870 bits per heavy atom. The molecule has 0 fully saturated rings. The van der Waals surface area contributed by atoms with Crippen molar-refractivity contribution in [1.29, 1.82) is 0 Å². The second kappa shape index (κ2) is 17.7. The molecule has 0 aliphatic heterocycles. The molecule has 0 radical (unpaired) electrons. The average molecular weight is 396 g/mol. The van der Waals surface area contributed by atoms with E-state index < -0.39 is 18.0 Å². The minimum Gasteiger partial charge on any atom is -0.481 e. The van der Waals surface area contributed by atoms with Crippen LogP contribution in [0.25, 0.3) is 0 Å². The van der Waals surface area contributed by atoms with Crippen LogP contribution in [0.5, 0.6) is 0 Å². The largest absolute Gasteiger partial charge is 0.481 e. The molecule has 3 N–H and O–H groups in total. The molecule has 0 spiro atoms. The molecule has 23 heavy (non-hydrogen) atoms. The highest BCUT2D eigenvalue weighted by molar-refractivity contribution is 8.93. The number of carboxylic acid groups (broad SMARTS) is 2. The fourth-order valence-electron chi connectivity index (χ4n) is 2.47. The molecule has 5 nitrogen and oxygen atoms in total. The number of unbranched alkanes of at least 4 members (excludes halogenated alkanes) is 9. The zero-order valence-electron chi connectivity index (χ0n) is 14.4. The fourth-order valence-corrected chi connectivity index (χ4v) is 2.47. The quantitative estimate of drug-likeness (QED) is 0.337. The summed E-state index contributed by atoms with van der Waals surface area (Å²) >= 11 is 0. The topological polar surface area (TPSA) is 86.6 Å². The van der Waals surface area contributed by atoms with Crippen molar-refractivity contribution in [2.45, 2.75) is 90.0 Å². The van der Waals surface area contributed by atoms with Crippen LogP contribution in [0.15, 0.2) is 0 Å². The van der Waals surface area contributed by atoms with Crippen molar-refractivity contribution in [2.75, 3.05) is 6.54 Å². The molecule has 0 bridgehead atoms. The Bertz CT molecular complexity index is 300. The molecule has 0 rings (SSSR count). The van der Waals surface area contributed by atoms with E-state index in [0.717, 1.165) is 12.8 Å². The Morgan fingerprint density at radius 3 is 1.78 bits per heavy atom. The number of hydrogen-bond donors (Lipinski definition) is 3. The van der Waals surface area contributed by atoms with Gasteiger partial charge in [-0.1, -0.05) is 64.7 Å². The van der Waals surface area contributed by atoms with Gasteiger partial charge in [0.25, 0.3) is 0 Å². The van der Waals surface area contributed by atoms with Crippen LogP contribution >= 0.6 is 17.0 Å². The molecule has 0 saturated heterocycles. The third kappa shape index (κ3) is 17.6. The van der Waals surface area contributed by atoms with Crippen LogP contribution in [0.4, 0.5) is 0 Å². The molecule has 1 atom stereocenters. The van der Waals surface area contributed by atoms with Crippen molar-refractivity contribution >= 4 is 28.9 Å². The molecule has 0 aromatic carbocycles. The van der Waals surface area contributed by atoms with Crippen LogP contribution in [0.2, 0.25) is 0 Å². The van der Waals surface area contributed by atoms with Gasteiger partial charge in [0.1, 0.15) is 6.04 Å². The Morgan fingerprint density at radius 2 is 1.35 bits per heavy atom. The number of carbonyl (C=O) groups is 2. The van der Waals surface area contributed by atoms with Gasteiger partial charge in [0.15, 0.2) is 0 Å². The van der Waals surface area contributed by atoms with E-state index in [2.05, 4.69) is 12.2 Å². The highest BCUT2D eigenvalue weighted by Crippen LogP contribution is 2.10. The lowest BCUT2D eigenvalue weighted by molar-refractivity contribution is -0.140. The molecular weight excluding hydrogens is 362 g/mol. The van der Waals surface area contributed by atoms with Gasteiger partial charge in [-0.2, -0.15) is 0 Å². The van der Waals surface area contributed by atoms with Gasteiger partial charge < -0.3 is 15.5 Å². The number of nitrogens with one attached hydrogen (secondary N) is 1. The van der Waals surface area contributed by atoms with Gasteiger partial charge in [0.2, 0.25) is 0 Å². The van der Waals surface area contributed by atoms with Crippen LogP contribution in [0.1, 0.15) is 84.0 Å². The van der Waals surface area contributed by atoms with E-state index in [9.17, 15) is 9.59 Å². The van der Waals surface area contributed by atoms with Crippen molar-refractivity contribution in [3.63, 3.8) is 0 Å². The first-order valence-corrected chi connectivity index (χ1v) is 8.76. The first kappa shape index (κ1) is 24.6. The van der Waals surface area contributed by atoms with E-state index >= 15 is 0 Å². The molecule has 0 heterocycles. The summed E-state index contributed by atoms with van der Waals surface area (Å²) in [7, 11) is 0. The van der Waals surface area contributed by atoms with Crippen molar-refractivity contribution in [3.8, 4) is 0 Å². The van der Waals surface area contributed by atoms with Crippen LogP contribution in [0.3, 0.4) is 0 Å². The van der Waals surface area contributed by atoms with Gasteiger partial charge >= 0.3 is 11.9 Å². The van der Waals surface area contributed by atoms with Gasteiger partial charge in [-0.25, -0.2) is 0 Å². The number of hydrogen-bond acceptors (Lipinski definition) is 3. The van der Waals surface area contributed by atoms with Crippen LogP contribution in [-0.4, -0.2) is 34.7 Å². The van der Waals surface area contributed by atoms with E-state index in [-0.39, 0.29) is 29.8 Å². The summed E-state index contributed by atoms with van der Waals surface area (Å²) in [4.78, 5) is 21.4. The van der Waals surface area contributed by atoms with E-state index in [4.69, 9.17) is 10.2 Å². The predicted octanol–water partition coefficient (Wildman–Crippen LogP) is 4.39. The first-order chi connectivity index (χ1) is 10.6. The van der Waals surface area contributed by atoms with Gasteiger partial charge in [-0.05, 0) is 19.4 Å². The summed E-state index contributed by atoms with van der Waals surface area (Å²) in [6.45, 7) is 2.87. The molecular formula is C17H34BrNO4. The van der Waals surface area contributed by atoms with Gasteiger partial charge in [-0.15, -0.1) is 17.0 Å². The molecule has 0 aliphatic rings. The van der Waals surface area contributed by atoms with Crippen LogP contribution in [-0.2, 0) is 9.59 Å². The van der Waals surface area contributed by atoms with E-state index in [1.54, 1.807) is 0 Å². The summed E-state index contributed by atoms with van der Waals surface area (Å²) < 4.78 is 0. The molecule has 0 amide bonds. The standard InChI is InChI=1S/C17H33NO4.BrH/c1-2-3-4-5-6-7-8-9-10-11-14-18-15(17(21)22)12-13-16(19)20;/h15,18H,2-14H2,1H3,(H,19,20)(H,21,22);1H/t15-;/m0./s1. The molecule has 0 aromatic rings. The zero-order valence-corrected chi connectivity index (χ0v) is 16.1. The van der Waals surface area contributed by atoms with Crippen molar-refractivity contribution in [2.24, 2.45) is 0 Å². The number of halogens is 1. The maximum absolute atomic E-state index is 11.0. The molecule has 0 unspecified atom stereocenters. The first-order valence-electron chi connectivity index (χ1n) is 8.76. The van der Waals surface area contributed by atoms with E-state index in [1.165, 1.54) is 51.4 Å². The van der Waals surface area contributed by atoms with Crippen LogP contribution in [0, 0.1) is 0 Å². The summed E-state index contributed by atoms with van der Waals surface area (Å²) in [6.07, 6.45) is 12.5. The maximum Gasteiger partial charge on any atom is 0.320 e. The summed E-state index contributed by atoms with van der Waals surface area (Å²) in [5, 5.41) is 20.5. The number of carboxylic acids is 2. The Kier molecular flexibility index (Phi) is 19.0. The second-order valence-electron chi connectivity index (χ2n) is 5.96. The summed E-state index contributed by atoms with van der Waals surface area (Å²) in [5.74, 6) is -1.92. The van der Waals surface area contributed by atoms with Gasteiger partial charge in [0, 0.05) is 6.42 Å². The van der Waals surface area contributed by atoms with Crippen molar-refractivity contribution in [1.82, 2.24) is 5.32 Å². The summed E-state index contributed by atoms with van der Waals surface area (Å²) in [5.41, 5.74) is 0. The minimum atomic E-state index is -0.965. The number of rotatable bonds is 16. The Balaban J connectivity index is 0. The third-order valence-corrected chi connectivity index (χ3v) is 3.87. The summed E-state index contributed by atoms with van der Waals surface area (Å²) in [6, 6.07) is -0.741. The fraction of sp³-hybridized carbons (Fsp3) is 0.882. The molecule has 6 heteroatoms. The minimum absolute atomic E-state index is 0. The molecule has 138 valence electrons. The van der Waals surface area contributed by atoms with Gasteiger partial charge in [0.05, 0.1) is 0 Å². The van der Waals surface area contributed by atoms with E-state index in [0.29, 0.717) is 6.54 Å². The second-order valence-corrected chi connectivity index (χ2v) is 5.96. The average Bonchev–Trinajstić information content (AvgIpc) is 2.47. The predicted molar refractivity (Wildman–Crippen MR) is 98.5 cm³/mol. The number of aliphatic carboxylic acids is 2. The monoisotopic (exact) mass is 395 g/mol. The third-order valence-electron chi connectivity index (χ3n) is 3.87. The SMILES string of the molecule is Br.CCCCCCCCCCCCN[C@@H](CCC(=O)O)C(=O)O. The lowest BCUT2D eigenvalue weighted by Crippen LogP contribution is -2.37. The Labute approximate surface area is 151 Å². The van der Waals surface area contributed by atoms with Crippen molar-refractivity contribution in [3.05, 3.63) is 0 Å². The smallest absolute Gasteiger partial charge is 0.320 e. The van der Waals surface area contributed by atoms with Gasteiger partial charge in [-0.3, -0.25) is 9.59 Å². The van der Waals surface area contributed by atoms with E-state index in [1.807, 2.05) is 0 Å². The van der Waals surface area contributed by atoms with Crippen molar-refractivity contribution < 1.29 is 19.8 Å².